The van der Waals surface area contributed by atoms with Crippen LogP contribution in [-0.4, -0.2) is 31.2 Å². The second-order valence-electron chi connectivity index (χ2n) is 5.53. The molecule has 0 radical (unpaired) electrons. The molecule has 1 atom stereocenters. The Hall–Kier alpha value is -2.67. The van der Waals surface area contributed by atoms with E-state index >= 15 is 0 Å². The van der Waals surface area contributed by atoms with Gasteiger partial charge >= 0.3 is 0 Å². The maximum Gasteiger partial charge on any atom is 0.211 e. The van der Waals surface area contributed by atoms with Crippen LogP contribution in [0.1, 0.15) is 25.5 Å². The number of imidazole rings is 1. The van der Waals surface area contributed by atoms with Crippen LogP contribution in [0.4, 0.5) is 11.6 Å². The predicted octanol–water partition coefficient (Wildman–Crippen LogP) is 2.97. The van der Waals surface area contributed by atoms with Crippen molar-refractivity contribution in [3.8, 4) is 5.75 Å². The summed E-state index contributed by atoms with van der Waals surface area (Å²) in [6.45, 7) is 0.744. The third kappa shape index (κ3) is 2.70. The van der Waals surface area contributed by atoms with Gasteiger partial charge in [0.1, 0.15) is 23.8 Å². The van der Waals surface area contributed by atoms with Crippen LogP contribution in [0, 0.1) is 0 Å². The molecule has 3 aromatic rings. The summed E-state index contributed by atoms with van der Waals surface area (Å²) in [7, 11) is 0. The smallest absolute Gasteiger partial charge is 0.211 e. The molecule has 1 aliphatic rings. The first kappa shape index (κ1) is 14.0. The van der Waals surface area contributed by atoms with Crippen LogP contribution in [0.2, 0.25) is 0 Å². The van der Waals surface area contributed by atoms with Gasteiger partial charge in [0.2, 0.25) is 5.95 Å². The molecule has 2 N–H and O–H groups in total. The Morgan fingerprint density at radius 2 is 2.09 bits per heavy atom. The summed E-state index contributed by atoms with van der Waals surface area (Å²) in [6, 6.07) is 6.86. The van der Waals surface area contributed by atoms with Crippen LogP contribution in [0.5, 0.6) is 5.75 Å². The van der Waals surface area contributed by atoms with E-state index in [9.17, 15) is 5.11 Å². The normalized spacial score (nSPS) is 18.2. The van der Waals surface area contributed by atoms with Gasteiger partial charge in [0.15, 0.2) is 5.65 Å². The van der Waals surface area contributed by atoms with Crippen LogP contribution in [-0.2, 0) is 4.74 Å². The van der Waals surface area contributed by atoms with Gasteiger partial charge in [-0.05, 0) is 43.5 Å². The van der Waals surface area contributed by atoms with E-state index in [2.05, 4.69) is 20.3 Å². The predicted molar refractivity (Wildman–Crippen MR) is 85.6 cm³/mol. The van der Waals surface area contributed by atoms with Crippen LogP contribution < -0.4 is 5.32 Å². The van der Waals surface area contributed by atoms with Gasteiger partial charge in [-0.25, -0.2) is 15.0 Å². The van der Waals surface area contributed by atoms with Crippen molar-refractivity contribution in [2.24, 2.45) is 0 Å². The fourth-order valence-electron chi connectivity index (χ4n) is 2.81. The zero-order chi connectivity index (χ0) is 15.6. The third-order valence-electron chi connectivity index (χ3n) is 3.92. The fourth-order valence-corrected chi connectivity index (χ4v) is 2.81. The van der Waals surface area contributed by atoms with E-state index in [4.69, 9.17) is 4.74 Å². The zero-order valence-corrected chi connectivity index (χ0v) is 12.5. The van der Waals surface area contributed by atoms with Gasteiger partial charge in [0, 0.05) is 12.3 Å². The Kier molecular flexibility index (Phi) is 3.55. The average molecular weight is 311 g/mol. The average Bonchev–Trinajstić information content (AvgIpc) is 2.95. The monoisotopic (exact) mass is 311 g/mol. The summed E-state index contributed by atoms with van der Waals surface area (Å²) in [4.78, 5) is 13.0. The van der Waals surface area contributed by atoms with E-state index in [-0.39, 0.29) is 12.0 Å². The van der Waals surface area contributed by atoms with E-state index in [1.165, 1.54) is 6.33 Å². The minimum Gasteiger partial charge on any atom is -0.508 e. The van der Waals surface area contributed by atoms with Crippen molar-refractivity contribution in [2.45, 2.75) is 25.5 Å². The van der Waals surface area contributed by atoms with Crippen molar-refractivity contribution in [3.05, 3.63) is 36.8 Å². The van der Waals surface area contributed by atoms with Gasteiger partial charge in [-0.15, -0.1) is 0 Å². The molecule has 0 saturated carbocycles. The molecule has 3 heterocycles. The first-order chi connectivity index (χ1) is 11.3. The SMILES string of the molecule is Oc1ccc(Nc2nc3cncnc3n2C2CCCCO2)cc1. The number of aromatic nitrogens is 4. The number of ether oxygens (including phenoxy) is 1. The number of fused-ring (bicyclic) bond motifs is 1. The Bertz CT molecular complexity index is 809. The molecule has 7 heteroatoms. The molecule has 1 saturated heterocycles. The summed E-state index contributed by atoms with van der Waals surface area (Å²) in [5.41, 5.74) is 2.32. The Morgan fingerprint density at radius 1 is 1.22 bits per heavy atom. The third-order valence-corrected chi connectivity index (χ3v) is 3.92. The lowest BCUT2D eigenvalue weighted by Crippen LogP contribution is -2.19. The van der Waals surface area contributed by atoms with E-state index in [1.54, 1.807) is 30.5 Å². The zero-order valence-electron chi connectivity index (χ0n) is 12.5. The van der Waals surface area contributed by atoms with Gasteiger partial charge in [0.05, 0.1) is 6.20 Å². The second-order valence-corrected chi connectivity index (χ2v) is 5.53. The molecule has 4 rings (SSSR count). The standard InChI is InChI=1S/C16H17N5O2/c22-12-6-4-11(5-7-12)19-16-20-13-9-17-10-18-15(13)21(16)14-3-1-2-8-23-14/h4-7,9-10,14,22H,1-3,8H2,(H,19,20). The largest absolute Gasteiger partial charge is 0.508 e. The van der Waals surface area contributed by atoms with Gasteiger partial charge < -0.3 is 15.2 Å². The Morgan fingerprint density at radius 3 is 2.87 bits per heavy atom. The number of phenolic OH excluding ortho intramolecular Hbond substituents is 1. The minimum absolute atomic E-state index is 0.0803. The highest BCUT2D eigenvalue weighted by molar-refractivity contribution is 5.75. The number of nitrogens with zero attached hydrogens (tertiary/aromatic N) is 4. The van der Waals surface area contributed by atoms with E-state index < -0.39 is 0 Å². The van der Waals surface area contributed by atoms with E-state index in [0.29, 0.717) is 5.95 Å². The van der Waals surface area contributed by atoms with Crippen molar-refractivity contribution in [3.63, 3.8) is 0 Å². The lowest BCUT2D eigenvalue weighted by molar-refractivity contribution is -0.0284. The number of phenols is 1. The molecule has 1 aliphatic heterocycles. The van der Waals surface area contributed by atoms with Crippen LogP contribution in [0.3, 0.4) is 0 Å². The van der Waals surface area contributed by atoms with Gasteiger partial charge in [0.25, 0.3) is 0 Å². The molecule has 0 amide bonds. The topological polar surface area (TPSA) is 85.1 Å². The molecule has 1 unspecified atom stereocenters. The molecule has 0 spiro atoms. The first-order valence-corrected chi connectivity index (χ1v) is 7.67. The minimum atomic E-state index is -0.0803. The maximum atomic E-state index is 9.41. The Labute approximate surface area is 133 Å². The van der Waals surface area contributed by atoms with E-state index in [1.807, 2.05) is 4.57 Å². The Balaban J connectivity index is 1.76. The molecular weight excluding hydrogens is 294 g/mol. The highest BCUT2D eigenvalue weighted by Gasteiger charge is 2.23. The summed E-state index contributed by atoms with van der Waals surface area (Å²) in [6.07, 6.45) is 6.27. The van der Waals surface area contributed by atoms with Crippen molar-refractivity contribution in [2.75, 3.05) is 11.9 Å². The number of rotatable bonds is 3. The van der Waals surface area contributed by atoms with Gasteiger partial charge in [-0.2, -0.15) is 0 Å². The van der Waals surface area contributed by atoms with Crippen molar-refractivity contribution < 1.29 is 9.84 Å². The maximum absolute atomic E-state index is 9.41. The lowest BCUT2D eigenvalue weighted by atomic mass is 10.2. The molecule has 1 aromatic carbocycles. The van der Waals surface area contributed by atoms with Crippen molar-refractivity contribution >= 4 is 22.8 Å². The van der Waals surface area contributed by atoms with Gasteiger partial charge in [-0.3, -0.25) is 4.57 Å². The molecule has 0 bridgehead atoms. The lowest BCUT2D eigenvalue weighted by Gasteiger charge is -2.25. The highest BCUT2D eigenvalue weighted by atomic mass is 16.5. The summed E-state index contributed by atoms with van der Waals surface area (Å²) in [5.74, 6) is 0.892. The number of benzene rings is 1. The van der Waals surface area contributed by atoms with Crippen LogP contribution >= 0.6 is 0 Å². The number of aromatic hydroxyl groups is 1. The van der Waals surface area contributed by atoms with Crippen LogP contribution in [0.15, 0.2) is 36.8 Å². The van der Waals surface area contributed by atoms with Gasteiger partial charge in [-0.1, -0.05) is 0 Å². The number of hydrogen-bond donors (Lipinski definition) is 2. The second kappa shape index (κ2) is 5.85. The summed E-state index contributed by atoms with van der Waals surface area (Å²) < 4.78 is 7.90. The summed E-state index contributed by atoms with van der Waals surface area (Å²) in [5, 5.41) is 12.7. The number of hydrogen-bond acceptors (Lipinski definition) is 6. The molecular formula is C16H17N5O2. The molecule has 0 aliphatic carbocycles. The van der Waals surface area contributed by atoms with Crippen molar-refractivity contribution in [1.29, 1.82) is 0 Å². The van der Waals surface area contributed by atoms with E-state index in [0.717, 1.165) is 42.7 Å². The molecule has 7 nitrogen and oxygen atoms in total. The highest BCUT2D eigenvalue weighted by Crippen LogP contribution is 2.31. The molecule has 118 valence electrons. The first-order valence-electron chi connectivity index (χ1n) is 7.67. The number of nitrogens with one attached hydrogen (secondary N) is 1. The molecule has 1 fully saturated rings. The van der Waals surface area contributed by atoms with Crippen LogP contribution in [0.25, 0.3) is 11.2 Å². The van der Waals surface area contributed by atoms with Crippen molar-refractivity contribution in [1.82, 2.24) is 19.5 Å². The molecule has 23 heavy (non-hydrogen) atoms. The fraction of sp³-hybridized carbons (Fsp3) is 0.312. The summed E-state index contributed by atoms with van der Waals surface area (Å²) >= 11 is 0. The molecule has 2 aromatic heterocycles. The quantitative estimate of drug-likeness (QED) is 0.723. The number of anilines is 2.